The van der Waals surface area contributed by atoms with E-state index in [-0.39, 0.29) is 28.0 Å². The van der Waals surface area contributed by atoms with E-state index >= 15 is 0 Å². The number of aromatic nitrogens is 4. The van der Waals surface area contributed by atoms with E-state index in [1.807, 2.05) is 26.0 Å². The first kappa shape index (κ1) is 22.5. The molecule has 2 fully saturated rings. The zero-order chi connectivity index (χ0) is 22.9. The molecule has 11 heteroatoms. The van der Waals surface area contributed by atoms with Gasteiger partial charge in [-0.3, -0.25) is 9.59 Å². The van der Waals surface area contributed by atoms with Crippen molar-refractivity contribution in [1.82, 2.24) is 30.8 Å². The van der Waals surface area contributed by atoms with Crippen LogP contribution in [0.3, 0.4) is 0 Å². The average Bonchev–Trinajstić information content (AvgIpc) is 3.39. The molecule has 2 amide bonds. The lowest BCUT2D eigenvalue weighted by Gasteiger charge is -2.44. The van der Waals surface area contributed by atoms with Crippen molar-refractivity contribution < 1.29 is 14.3 Å². The Morgan fingerprint density at radius 1 is 1.34 bits per heavy atom. The minimum Gasteiger partial charge on any atom is -0.494 e. The third-order valence-corrected chi connectivity index (χ3v) is 7.45. The van der Waals surface area contributed by atoms with E-state index in [9.17, 15) is 9.59 Å². The molecule has 4 atom stereocenters. The number of nitrogens with zero attached hydrogens (tertiary/aromatic N) is 4. The maximum Gasteiger partial charge on any atom is 0.249 e. The molecular weight excluding hydrogens is 430 g/mol. The van der Waals surface area contributed by atoms with Crippen molar-refractivity contribution in [2.75, 3.05) is 6.61 Å². The fourth-order valence-corrected chi connectivity index (χ4v) is 5.79. The number of H-pyrrole nitrogens is 1. The summed E-state index contributed by atoms with van der Waals surface area (Å²) in [5.41, 5.74) is 6.84. The molecule has 0 spiro atoms. The molecule has 2 aliphatic heterocycles. The lowest BCUT2D eigenvalue weighted by atomic mass is 9.95. The lowest BCUT2D eigenvalue weighted by Crippen LogP contribution is -2.68. The lowest BCUT2D eigenvalue weighted by molar-refractivity contribution is -0.152. The molecule has 4 N–H and O–H groups in total. The van der Waals surface area contributed by atoms with Gasteiger partial charge in [0.1, 0.15) is 29.2 Å². The number of hydrogen-bond acceptors (Lipinski definition) is 8. The quantitative estimate of drug-likeness (QED) is 0.380. The summed E-state index contributed by atoms with van der Waals surface area (Å²) >= 11 is 1.61. The van der Waals surface area contributed by atoms with Crippen LogP contribution in [-0.2, 0) is 9.59 Å². The predicted octanol–water partition coefficient (Wildman–Crippen LogP) is 1.69. The molecule has 172 valence electrons. The van der Waals surface area contributed by atoms with Crippen LogP contribution in [0.2, 0.25) is 0 Å². The monoisotopic (exact) mass is 459 g/mol. The molecule has 0 bridgehead atoms. The fraction of sp³-hybridized carbons (Fsp3) is 0.571. The molecule has 3 heterocycles. The van der Waals surface area contributed by atoms with Gasteiger partial charge < -0.3 is 20.7 Å². The Morgan fingerprint density at radius 3 is 2.75 bits per heavy atom. The summed E-state index contributed by atoms with van der Waals surface area (Å²) in [7, 11) is 0. The van der Waals surface area contributed by atoms with E-state index in [2.05, 4.69) is 32.9 Å². The molecule has 2 aromatic rings. The number of nitrogens with two attached hydrogens (primary N) is 1. The maximum absolute atomic E-state index is 12.9. The van der Waals surface area contributed by atoms with Crippen LogP contribution in [-0.4, -0.2) is 60.1 Å². The highest BCUT2D eigenvalue weighted by Gasteiger charge is 2.63. The Morgan fingerprint density at radius 2 is 2.09 bits per heavy atom. The zero-order valence-corrected chi connectivity index (χ0v) is 19.3. The molecule has 3 unspecified atom stereocenters. The van der Waals surface area contributed by atoms with Crippen LogP contribution in [0.4, 0.5) is 0 Å². The number of fused-ring (bicyclic) bond motifs is 1. The standard InChI is InChI=1S/C21H29N7O3S/c1-4-5-6-11-31-13-9-7-12(8-10-13)14(22)18(29)23-15-19(30)28-16(17-24-26-27-25-17)21(2,3)32-20(15)28/h7-10,14-16,20H,4-6,11,22H2,1-3H3,(H,23,29)(H,24,25,26,27)/t14?,15?,16?,20-/m1/s1. The number of carbonyl (C=O) groups excluding carboxylic acids is 2. The summed E-state index contributed by atoms with van der Waals surface area (Å²) < 4.78 is 5.38. The summed E-state index contributed by atoms with van der Waals surface area (Å²) in [5.74, 6) is 0.663. The third kappa shape index (κ3) is 4.18. The van der Waals surface area contributed by atoms with Gasteiger partial charge >= 0.3 is 0 Å². The summed E-state index contributed by atoms with van der Waals surface area (Å²) in [6.07, 6.45) is 3.28. The number of carbonyl (C=O) groups is 2. The van der Waals surface area contributed by atoms with Crippen LogP contribution < -0.4 is 15.8 Å². The van der Waals surface area contributed by atoms with Crippen LogP contribution in [0.25, 0.3) is 0 Å². The number of amides is 2. The highest BCUT2D eigenvalue weighted by atomic mass is 32.2. The van der Waals surface area contributed by atoms with Gasteiger partial charge in [0.25, 0.3) is 0 Å². The van der Waals surface area contributed by atoms with Gasteiger partial charge in [-0.15, -0.1) is 22.0 Å². The minimum absolute atomic E-state index is 0.167. The molecule has 2 aliphatic rings. The maximum atomic E-state index is 12.9. The molecule has 0 aliphatic carbocycles. The number of β-lactam (4-membered cyclic amide) rings is 1. The Bertz CT molecular complexity index is 951. The Balaban J connectivity index is 1.36. The van der Waals surface area contributed by atoms with Crippen LogP contribution in [0, 0.1) is 0 Å². The van der Waals surface area contributed by atoms with Gasteiger partial charge in [0.15, 0.2) is 5.82 Å². The Labute approximate surface area is 191 Å². The smallest absolute Gasteiger partial charge is 0.249 e. The van der Waals surface area contributed by atoms with Crippen molar-refractivity contribution in [3.8, 4) is 5.75 Å². The highest BCUT2D eigenvalue weighted by Crippen LogP contribution is 2.56. The SMILES string of the molecule is CCCCCOc1ccc(C(N)C(=O)NC2C(=O)N3C(c4nn[nH]n4)C(C)(C)S[C@H]23)cc1. The number of hydrogen-bond donors (Lipinski definition) is 3. The molecule has 10 nitrogen and oxygen atoms in total. The first-order valence-electron chi connectivity index (χ1n) is 10.9. The number of rotatable bonds is 9. The van der Waals surface area contributed by atoms with E-state index in [1.165, 1.54) is 0 Å². The minimum atomic E-state index is -0.876. The molecule has 2 saturated heterocycles. The van der Waals surface area contributed by atoms with E-state index < -0.39 is 12.1 Å². The van der Waals surface area contributed by atoms with E-state index in [1.54, 1.807) is 28.8 Å². The average molecular weight is 460 g/mol. The van der Waals surface area contributed by atoms with Gasteiger partial charge in [-0.05, 0) is 38.0 Å². The molecule has 1 aromatic carbocycles. The van der Waals surface area contributed by atoms with E-state index in [4.69, 9.17) is 10.5 Å². The number of benzene rings is 1. The van der Waals surface area contributed by atoms with Crippen LogP contribution in [0.5, 0.6) is 5.75 Å². The van der Waals surface area contributed by atoms with E-state index in [0.29, 0.717) is 18.0 Å². The Hall–Kier alpha value is -2.66. The first-order chi connectivity index (χ1) is 15.3. The third-order valence-electron chi connectivity index (χ3n) is 5.88. The molecule has 1 aromatic heterocycles. The van der Waals surface area contributed by atoms with Gasteiger partial charge in [0.2, 0.25) is 11.8 Å². The summed E-state index contributed by atoms with van der Waals surface area (Å²) in [5, 5.41) is 16.8. The number of nitrogens with one attached hydrogen (secondary N) is 2. The van der Waals surface area contributed by atoms with Gasteiger partial charge in [-0.25, -0.2) is 0 Å². The first-order valence-corrected chi connectivity index (χ1v) is 11.7. The van der Waals surface area contributed by atoms with Crippen molar-refractivity contribution in [2.45, 2.75) is 68.3 Å². The topological polar surface area (TPSA) is 139 Å². The normalized spacial score (nSPS) is 24.6. The molecular formula is C21H29N7O3S. The second-order valence-corrected chi connectivity index (χ2v) is 10.4. The fourth-order valence-electron chi connectivity index (χ4n) is 4.16. The van der Waals surface area contributed by atoms with Gasteiger partial charge in [-0.1, -0.05) is 37.1 Å². The predicted molar refractivity (Wildman–Crippen MR) is 120 cm³/mol. The summed E-state index contributed by atoms with van der Waals surface area (Å²) in [4.78, 5) is 27.4. The number of ether oxygens (including phenoxy) is 1. The second kappa shape index (κ2) is 9.07. The molecule has 0 radical (unpaired) electrons. The highest BCUT2D eigenvalue weighted by molar-refractivity contribution is 8.01. The summed E-state index contributed by atoms with van der Waals surface area (Å²) in [6, 6.07) is 5.39. The van der Waals surface area contributed by atoms with Crippen LogP contribution in [0.1, 0.15) is 63.5 Å². The summed E-state index contributed by atoms with van der Waals surface area (Å²) in [6.45, 7) is 6.87. The van der Waals surface area contributed by atoms with E-state index in [0.717, 1.165) is 25.0 Å². The number of tetrazole rings is 1. The van der Waals surface area contributed by atoms with Crippen molar-refractivity contribution in [2.24, 2.45) is 5.73 Å². The van der Waals surface area contributed by atoms with Crippen molar-refractivity contribution >= 4 is 23.6 Å². The zero-order valence-electron chi connectivity index (χ0n) is 18.4. The largest absolute Gasteiger partial charge is 0.494 e. The van der Waals surface area contributed by atoms with Crippen LogP contribution >= 0.6 is 11.8 Å². The van der Waals surface area contributed by atoms with Crippen molar-refractivity contribution in [3.05, 3.63) is 35.7 Å². The molecule has 32 heavy (non-hydrogen) atoms. The number of thioether (sulfide) groups is 1. The number of unbranched alkanes of at least 4 members (excludes halogenated alkanes) is 2. The van der Waals surface area contributed by atoms with Crippen molar-refractivity contribution in [3.63, 3.8) is 0 Å². The Kier molecular flexibility index (Phi) is 6.38. The van der Waals surface area contributed by atoms with Gasteiger partial charge in [0.05, 0.1) is 6.61 Å². The number of aromatic amines is 1. The van der Waals surface area contributed by atoms with Gasteiger partial charge in [-0.2, -0.15) is 5.21 Å². The van der Waals surface area contributed by atoms with Crippen molar-refractivity contribution in [1.29, 1.82) is 0 Å². The molecule has 4 rings (SSSR count). The second-order valence-electron chi connectivity index (χ2n) is 8.62. The van der Waals surface area contributed by atoms with Gasteiger partial charge in [0, 0.05) is 4.75 Å². The van der Waals surface area contributed by atoms with Crippen LogP contribution in [0.15, 0.2) is 24.3 Å². The molecule has 0 saturated carbocycles.